The molecule has 1 aliphatic rings. The second kappa shape index (κ2) is 6.37. The Morgan fingerprint density at radius 1 is 0.947 bits per heavy atom. The summed E-state index contributed by atoms with van der Waals surface area (Å²) in [5, 5.41) is 18.1. The van der Waals surface area contributed by atoms with E-state index in [-0.39, 0.29) is 11.0 Å². The van der Waals surface area contributed by atoms with Crippen molar-refractivity contribution in [3.63, 3.8) is 0 Å². The van der Waals surface area contributed by atoms with Gasteiger partial charge in [-0.3, -0.25) is 4.90 Å². The molecule has 19 heavy (non-hydrogen) atoms. The first-order chi connectivity index (χ1) is 8.80. The van der Waals surface area contributed by atoms with Crippen molar-refractivity contribution >= 4 is 0 Å². The third kappa shape index (κ3) is 4.82. The van der Waals surface area contributed by atoms with Crippen LogP contribution in [-0.4, -0.2) is 48.1 Å². The first-order valence-corrected chi connectivity index (χ1v) is 7.11. The van der Waals surface area contributed by atoms with Gasteiger partial charge in [-0.1, -0.05) is 0 Å². The SMILES string of the molecule is CC(C)(C#N)CCCN1CCN(C(C)(C)C#N)CC1. The quantitative estimate of drug-likeness (QED) is 0.762. The van der Waals surface area contributed by atoms with Crippen LogP contribution in [-0.2, 0) is 0 Å². The van der Waals surface area contributed by atoms with Gasteiger partial charge in [-0.15, -0.1) is 0 Å². The van der Waals surface area contributed by atoms with E-state index < -0.39 is 0 Å². The minimum atomic E-state index is -0.352. The fraction of sp³-hybridized carbons (Fsp3) is 0.867. The summed E-state index contributed by atoms with van der Waals surface area (Å²) < 4.78 is 0. The second-order valence-corrected chi connectivity index (χ2v) is 6.60. The molecular weight excluding hydrogens is 236 g/mol. The van der Waals surface area contributed by atoms with E-state index in [1.165, 1.54) is 0 Å². The zero-order valence-electron chi connectivity index (χ0n) is 12.7. The summed E-state index contributed by atoms with van der Waals surface area (Å²) in [5.74, 6) is 0. The highest BCUT2D eigenvalue weighted by atomic mass is 15.3. The molecule has 0 amide bonds. The summed E-state index contributed by atoms with van der Waals surface area (Å²) in [7, 11) is 0. The minimum absolute atomic E-state index is 0.204. The maximum atomic E-state index is 9.13. The van der Waals surface area contributed by atoms with E-state index in [2.05, 4.69) is 21.9 Å². The topological polar surface area (TPSA) is 54.1 Å². The van der Waals surface area contributed by atoms with Crippen LogP contribution in [0.1, 0.15) is 40.5 Å². The Morgan fingerprint density at radius 2 is 1.53 bits per heavy atom. The summed E-state index contributed by atoms with van der Waals surface area (Å²) in [6.45, 7) is 13.0. The molecule has 1 fully saturated rings. The number of rotatable bonds is 5. The summed E-state index contributed by atoms with van der Waals surface area (Å²) in [5.41, 5.74) is -0.556. The van der Waals surface area contributed by atoms with Gasteiger partial charge < -0.3 is 4.90 Å². The maximum Gasteiger partial charge on any atom is 0.103 e. The molecule has 1 aliphatic heterocycles. The molecule has 1 heterocycles. The van der Waals surface area contributed by atoms with E-state index in [0.717, 1.165) is 45.6 Å². The van der Waals surface area contributed by atoms with Crippen LogP contribution >= 0.6 is 0 Å². The molecule has 0 aromatic heterocycles. The average molecular weight is 262 g/mol. The lowest BCUT2D eigenvalue weighted by molar-refractivity contribution is 0.0782. The largest absolute Gasteiger partial charge is 0.301 e. The number of nitriles is 2. The summed E-state index contributed by atoms with van der Waals surface area (Å²) in [6, 6.07) is 4.72. The van der Waals surface area contributed by atoms with Crippen LogP contribution in [0.4, 0.5) is 0 Å². The third-order valence-electron chi connectivity index (χ3n) is 4.02. The monoisotopic (exact) mass is 262 g/mol. The van der Waals surface area contributed by atoms with Crippen LogP contribution in [0.25, 0.3) is 0 Å². The lowest BCUT2D eigenvalue weighted by atomic mass is 9.90. The summed E-state index contributed by atoms with van der Waals surface area (Å²) >= 11 is 0. The predicted molar refractivity (Wildman–Crippen MR) is 76.3 cm³/mol. The van der Waals surface area contributed by atoms with Crippen molar-refractivity contribution in [1.29, 1.82) is 10.5 Å². The second-order valence-electron chi connectivity index (χ2n) is 6.60. The van der Waals surface area contributed by atoms with Crippen LogP contribution in [0.3, 0.4) is 0 Å². The highest BCUT2D eigenvalue weighted by Crippen LogP contribution is 2.21. The zero-order valence-corrected chi connectivity index (χ0v) is 12.7. The molecule has 0 atom stereocenters. The normalized spacial score (nSPS) is 18.8. The lowest BCUT2D eigenvalue weighted by Gasteiger charge is -2.40. The smallest absolute Gasteiger partial charge is 0.103 e. The molecule has 0 spiro atoms. The van der Waals surface area contributed by atoms with E-state index in [4.69, 9.17) is 10.5 Å². The Kier molecular flexibility index (Phi) is 5.35. The Labute approximate surface area is 117 Å². The lowest BCUT2D eigenvalue weighted by Crippen LogP contribution is -2.54. The molecule has 1 saturated heterocycles. The van der Waals surface area contributed by atoms with Crippen molar-refractivity contribution < 1.29 is 0 Å². The molecule has 0 aromatic carbocycles. The molecule has 0 radical (unpaired) electrons. The average Bonchev–Trinajstić information content (AvgIpc) is 2.39. The molecule has 0 aliphatic carbocycles. The van der Waals surface area contributed by atoms with Gasteiger partial charge in [-0.2, -0.15) is 10.5 Å². The van der Waals surface area contributed by atoms with Gasteiger partial charge >= 0.3 is 0 Å². The van der Waals surface area contributed by atoms with Crippen molar-refractivity contribution in [2.24, 2.45) is 5.41 Å². The van der Waals surface area contributed by atoms with Crippen molar-refractivity contribution in [3.8, 4) is 12.1 Å². The molecule has 106 valence electrons. The van der Waals surface area contributed by atoms with Gasteiger partial charge in [-0.05, 0) is 47.1 Å². The first-order valence-electron chi connectivity index (χ1n) is 7.11. The van der Waals surface area contributed by atoms with Gasteiger partial charge in [0.05, 0.1) is 17.6 Å². The summed E-state index contributed by atoms with van der Waals surface area (Å²) in [4.78, 5) is 4.69. The Hall–Kier alpha value is -1.10. The molecule has 0 bridgehead atoms. The predicted octanol–water partition coefficient (Wildman–Crippen LogP) is 2.24. The zero-order chi connectivity index (χ0) is 14.5. The van der Waals surface area contributed by atoms with Crippen LogP contribution < -0.4 is 0 Å². The Balaban J connectivity index is 2.29. The van der Waals surface area contributed by atoms with E-state index in [1.54, 1.807) is 0 Å². The molecule has 4 nitrogen and oxygen atoms in total. The molecule has 4 heteroatoms. The van der Waals surface area contributed by atoms with Crippen molar-refractivity contribution in [2.75, 3.05) is 32.7 Å². The first kappa shape index (κ1) is 16.0. The molecule has 0 unspecified atom stereocenters. The number of nitrogens with zero attached hydrogens (tertiary/aromatic N) is 4. The van der Waals surface area contributed by atoms with Crippen LogP contribution in [0.5, 0.6) is 0 Å². The Bertz CT molecular complexity index is 362. The van der Waals surface area contributed by atoms with Crippen LogP contribution in [0, 0.1) is 28.1 Å². The van der Waals surface area contributed by atoms with Gasteiger partial charge in [0.15, 0.2) is 0 Å². The highest BCUT2D eigenvalue weighted by molar-refractivity contribution is 5.02. The van der Waals surface area contributed by atoms with E-state index >= 15 is 0 Å². The highest BCUT2D eigenvalue weighted by Gasteiger charge is 2.29. The van der Waals surface area contributed by atoms with Crippen molar-refractivity contribution in [2.45, 2.75) is 46.1 Å². The van der Waals surface area contributed by atoms with Crippen LogP contribution in [0.2, 0.25) is 0 Å². The van der Waals surface area contributed by atoms with Crippen molar-refractivity contribution in [1.82, 2.24) is 9.80 Å². The summed E-state index contributed by atoms with van der Waals surface area (Å²) in [6.07, 6.45) is 2.02. The number of hydrogen-bond donors (Lipinski definition) is 0. The van der Waals surface area contributed by atoms with Crippen molar-refractivity contribution in [3.05, 3.63) is 0 Å². The van der Waals surface area contributed by atoms with E-state index in [0.29, 0.717) is 0 Å². The van der Waals surface area contributed by atoms with E-state index in [1.807, 2.05) is 27.7 Å². The van der Waals surface area contributed by atoms with Gasteiger partial charge in [0.2, 0.25) is 0 Å². The van der Waals surface area contributed by atoms with Gasteiger partial charge in [0.1, 0.15) is 5.54 Å². The van der Waals surface area contributed by atoms with E-state index in [9.17, 15) is 0 Å². The molecule has 0 saturated carbocycles. The molecule has 0 N–H and O–H groups in total. The Morgan fingerprint density at radius 3 is 2.00 bits per heavy atom. The minimum Gasteiger partial charge on any atom is -0.301 e. The molecule has 0 aromatic rings. The fourth-order valence-corrected chi connectivity index (χ4v) is 2.40. The third-order valence-corrected chi connectivity index (χ3v) is 4.02. The van der Waals surface area contributed by atoms with Gasteiger partial charge in [0.25, 0.3) is 0 Å². The maximum absolute atomic E-state index is 9.13. The molecular formula is C15H26N4. The van der Waals surface area contributed by atoms with Gasteiger partial charge in [-0.25, -0.2) is 0 Å². The van der Waals surface area contributed by atoms with Gasteiger partial charge in [0, 0.05) is 26.2 Å². The number of piperazine rings is 1. The standard InChI is InChI=1S/C15H26N4/c1-14(2,12-16)6-5-7-18-8-10-19(11-9-18)15(3,4)13-17/h5-11H2,1-4H3. The van der Waals surface area contributed by atoms with Crippen LogP contribution in [0.15, 0.2) is 0 Å². The number of hydrogen-bond acceptors (Lipinski definition) is 4. The molecule has 1 rings (SSSR count). The fourth-order valence-electron chi connectivity index (χ4n) is 2.40.